The van der Waals surface area contributed by atoms with Crippen LogP contribution < -0.4 is 15.4 Å². The SMILES string of the molecule is CCOc1nc(N)nc(N2CCCC(C)(C)CC2)n1. The minimum atomic E-state index is 0.219. The van der Waals surface area contributed by atoms with Crippen LogP contribution in [0.1, 0.15) is 40.0 Å². The molecule has 0 bridgehead atoms. The Morgan fingerprint density at radius 1 is 1.21 bits per heavy atom. The quantitative estimate of drug-likeness (QED) is 0.899. The lowest BCUT2D eigenvalue weighted by Gasteiger charge is -2.23. The summed E-state index contributed by atoms with van der Waals surface area (Å²) in [6, 6.07) is 0.313. The molecule has 0 amide bonds. The van der Waals surface area contributed by atoms with E-state index in [0.717, 1.165) is 25.9 Å². The molecule has 0 spiro atoms. The van der Waals surface area contributed by atoms with Crippen molar-refractivity contribution in [2.75, 3.05) is 30.3 Å². The number of anilines is 2. The third-order valence-corrected chi connectivity index (χ3v) is 3.52. The van der Waals surface area contributed by atoms with Gasteiger partial charge in [0.15, 0.2) is 0 Å². The maximum absolute atomic E-state index is 5.72. The highest BCUT2D eigenvalue weighted by Crippen LogP contribution is 2.31. The van der Waals surface area contributed by atoms with Gasteiger partial charge >= 0.3 is 6.01 Å². The van der Waals surface area contributed by atoms with E-state index in [0.29, 0.717) is 24.0 Å². The van der Waals surface area contributed by atoms with Gasteiger partial charge in [0.05, 0.1) is 6.61 Å². The zero-order valence-electron chi connectivity index (χ0n) is 12.0. The van der Waals surface area contributed by atoms with Crippen molar-refractivity contribution in [2.24, 2.45) is 5.41 Å². The molecule has 0 aliphatic carbocycles. The van der Waals surface area contributed by atoms with Crippen molar-refractivity contribution in [1.29, 1.82) is 0 Å². The van der Waals surface area contributed by atoms with Crippen LogP contribution in [0.15, 0.2) is 0 Å². The van der Waals surface area contributed by atoms with Crippen molar-refractivity contribution in [2.45, 2.75) is 40.0 Å². The van der Waals surface area contributed by atoms with E-state index in [1.807, 2.05) is 6.92 Å². The molecular formula is C13H23N5O. The molecule has 1 aromatic heterocycles. The molecular weight excluding hydrogens is 242 g/mol. The standard InChI is InChI=1S/C13H23N5O/c1-4-19-12-16-10(14)15-11(17-12)18-8-5-6-13(2,3)7-9-18/h4-9H2,1-3H3,(H2,14,15,16,17). The molecule has 0 unspecified atom stereocenters. The fraction of sp³-hybridized carbons (Fsp3) is 0.769. The molecule has 1 aromatic rings. The lowest BCUT2D eigenvalue weighted by molar-refractivity contribution is 0.312. The van der Waals surface area contributed by atoms with Crippen LogP contribution >= 0.6 is 0 Å². The summed E-state index contributed by atoms with van der Waals surface area (Å²) in [5, 5.41) is 0. The number of hydrogen-bond acceptors (Lipinski definition) is 6. The van der Waals surface area contributed by atoms with Crippen molar-refractivity contribution in [1.82, 2.24) is 15.0 Å². The van der Waals surface area contributed by atoms with Gasteiger partial charge < -0.3 is 15.4 Å². The van der Waals surface area contributed by atoms with Gasteiger partial charge in [-0.15, -0.1) is 0 Å². The van der Waals surface area contributed by atoms with E-state index in [4.69, 9.17) is 10.5 Å². The van der Waals surface area contributed by atoms with E-state index in [1.54, 1.807) is 0 Å². The topological polar surface area (TPSA) is 77.2 Å². The Labute approximate surface area is 114 Å². The highest BCUT2D eigenvalue weighted by Gasteiger charge is 2.24. The molecule has 2 N–H and O–H groups in total. The van der Waals surface area contributed by atoms with Crippen LogP contribution in [-0.4, -0.2) is 34.6 Å². The van der Waals surface area contributed by atoms with E-state index in [-0.39, 0.29) is 5.95 Å². The second-order valence-electron chi connectivity index (χ2n) is 5.71. The molecule has 2 heterocycles. The summed E-state index contributed by atoms with van der Waals surface area (Å²) >= 11 is 0. The predicted octanol–water partition coefficient (Wildman–Crippen LogP) is 1.87. The second-order valence-corrected chi connectivity index (χ2v) is 5.71. The Balaban J connectivity index is 2.16. The zero-order chi connectivity index (χ0) is 13.9. The number of nitrogens with two attached hydrogens (primary N) is 1. The van der Waals surface area contributed by atoms with Crippen LogP contribution in [0.5, 0.6) is 6.01 Å². The summed E-state index contributed by atoms with van der Waals surface area (Å²) in [4.78, 5) is 14.7. The normalized spacial score (nSPS) is 19.0. The summed E-state index contributed by atoms with van der Waals surface area (Å²) in [6.45, 7) is 8.94. The summed E-state index contributed by atoms with van der Waals surface area (Å²) in [6.07, 6.45) is 3.49. The van der Waals surface area contributed by atoms with Crippen LogP contribution in [0, 0.1) is 5.41 Å². The fourth-order valence-electron chi connectivity index (χ4n) is 2.32. The summed E-state index contributed by atoms with van der Waals surface area (Å²) < 4.78 is 5.32. The van der Waals surface area contributed by atoms with Gasteiger partial charge in [0.2, 0.25) is 11.9 Å². The van der Waals surface area contributed by atoms with Crippen molar-refractivity contribution >= 4 is 11.9 Å². The van der Waals surface area contributed by atoms with Crippen molar-refractivity contribution in [3.63, 3.8) is 0 Å². The van der Waals surface area contributed by atoms with E-state index in [9.17, 15) is 0 Å². The van der Waals surface area contributed by atoms with Crippen molar-refractivity contribution < 1.29 is 4.74 Å². The van der Waals surface area contributed by atoms with Crippen LogP contribution in [0.4, 0.5) is 11.9 Å². The first-order chi connectivity index (χ1) is 9.00. The molecule has 1 aliphatic rings. The lowest BCUT2D eigenvalue weighted by Crippen LogP contribution is -2.27. The molecule has 0 radical (unpaired) electrons. The molecule has 0 atom stereocenters. The molecule has 6 heteroatoms. The summed E-state index contributed by atoms with van der Waals surface area (Å²) in [5.74, 6) is 0.852. The first-order valence-electron chi connectivity index (χ1n) is 6.89. The summed E-state index contributed by atoms with van der Waals surface area (Å²) in [7, 11) is 0. The molecule has 6 nitrogen and oxygen atoms in total. The number of hydrogen-bond donors (Lipinski definition) is 1. The Kier molecular flexibility index (Phi) is 4.07. The van der Waals surface area contributed by atoms with Gasteiger partial charge in [-0.05, 0) is 31.6 Å². The second kappa shape index (κ2) is 5.59. The molecule has 106 valence electrons. The Bertz CT molecular complexity index is 435. The number of nitrogens with zero attached hydrogens (tertiary/aromatic N) is 4. The zero-order valence-corrected chi connectivity index (χ0v) is 12.0. The largest absolute Gasteiger partial charge is 0.464 e. The molecule has 19 heavy (non-hydrogen) atoms. The fourth-order valence-corrected chi connectivity index (χ4v) is 2.32. The van der Waals surface area contributed by atoms with Gasteiger partial charge in [-0.2, -0.15) is 15.0 Å². The Morgan fingerprint density at radius 3 is 2.74 bits per heavy atom. The number of ether oxygens (including phenoxy) is 1. The molecule has 0 saturated carbocycles. The van der Waals surface area contributed by atoms with Gasteiger partial charge in [-0.1, -0.05) is 13.8 Å². The minimum Gasteiger partial charge on any atom is -0.464 e. The van der Waals surface area contributed by atoms with Gasteiger partial charge in [-0.25, -0.2) is 0 Å². The first kappa shape index (κ1) is 13.8. The van der Waals surface area contributed by atoms with E-state index < -0.39 is 0 Å². The average molecular weight is 265 g/mol. The Hall–Kier alpha value is -1.59. The van der Waals surface area contributed by atoms with Crippen molar-refractivity contribution in [3.8, 4) is 6.01 Å². The maximum Gasteiger partial charge on any atom is 0.323 e. The van der Waals surface area contributed by atoms with E-state index in [1.165, 1.54) is 6.42 Å². The summed E-state index contributed by atoms with van der Waals surface area (Å²) in [5.41, 5.74) is 6.10. The Morgan fingerprint density at radius 2 is 2.00 bits per heavy atom. The molecule has 1 aliphatic heterocycles. The first-order valence-corrected chi connectivity index (χ1v) is 6.89. The van der Waals surface area contributed by atoms with Gasteiger partial charge in [0.25, 0.3) is 0 Å². The molecule has 2 rings (SSSR count). The smallest absolute Gasteiger partial charge is 0.323 e. The van der Waals surface area contributed by atoms with Crippen LogP contribution in [0.2, 0.25) is 0 Å². The van der Waals surface area contributed by atoms with E-state index >= 15 is 0 Å². The van der Waals surface area contributed by atoms with Crippen LogP contribution in [0.3, 0.4) is 0 Å². The van der Waals surface area contributed by atoms with E-state index in [2.05, 4.69) is 33.7 Å². The van der Waals surface area contributed by atoms with Crippen LogP contribution in [-0.2, 0) is 0 Å². The number of nitrogen functional groups attached to an aromatic ring is 1. The van der Waals surface area contributed by atoms with Gasteiger partial charge in [0.1, 0.15) is 0 Å². The highest BCUT2D eigenvalue weighted by atomic mass is 16.5. The minimum absolute atomic E-state index is 0.219. The average Bonchev–Trinajstić information content (AvgIpc) is 2.50. The predicted molar refractivity (Wildman–Crippen MR) is 75.3 cm³/mol. The lowest BCUT2D eigenvalue weighted by atomic mass is 9.85. The number of aromatic nitrogens is 3. The van der Waals surface area contributed by atoms with Gasteiger partial charge in [0, 0.05) is 13.1 Å². The number of rotatable bonds is 3. The third kappa shape index (κ3) is 3.68. The molecule has 1 fully saturated rings. The van der Waals surface area contributed by atoms with Crippen LogP contribution in [0.25, 0.3) is 0 Å². The van der Waals surface area contributed by atoms with Crippen molar-refractivity contribution in [3.05, 3.63) is 0 Å². The molecule has 0 aromatic carbocycles. The highest BCUT2D eigenvalue weighted by molar-refractivity contribution is 5.36. The maximum atomic E-state index is 5.72. The monoisotopic (exact) mass is 265 g/mol. The van der Waals surface area contributed by atoms with Gasteiger partial charge in [-0.3, -0.25) is 0 Å². The molecule has 1 saturated heterocycles. The third-order valence-electron chi connectivity index (χ3n) is 3.52.